The zero-order chi connectivity index (χ0) is 12.0. The molecule has 0 aromatic heterocycles. The first kappa shape index (κ1) is 14.4. The minimum Gasteiger partial charge on any atom is -0.463 e. The highest BCUT2D eigenvalue weighted by atomic mass is 16.5. The van der Waals surface area contributed by atoms with E-state index in [4.69, 9.17) is 4.74 Å². The van der Waals surface area contributed by atoms with Gasteiger partial charge in [0.05, 0.1) is 18.1 Å². The summed E-state index contributed by atoms with van der Waals surface area (Å²) in [4.78, 5) is 11.6. The molecule has 0 aromatic rings. The van der Waals surface area contributed by atoms with Crippen LogP contribution in [0.1, 0.15) is 47.5 Å². The fraction of sp³-hybridized carbons (Fsp3) is 0.917. The van der Waals surface area contributed by atoms with Crippen LogP contribution in [-0.4, -0.2) is 23.3 Å². The van der Waals surface area contributed by atoms with Crippen molar-refractivity contribution >= 4 is 5.97 Å². The molecule has 0 rings (SSSR count). The van der Waals surface area contributed by atoms with Crippen molar-refractivity contribution in [2.24, 2.45) is 11.8 Å². The predicted octanol–water partition coefficient (Wildman–Crippen LogP) is 2.37. The molecule has 0 spiro atoms. The first-order valence-corrected chi connectivity index (χ1v) is 5.73. The van der Waals surface area contributed by atoms with Gasteiger partial charge in [0, 0.05) is 0 Å². The summed E-state index contributed by atoms with van der Waals surface area (Å²) < 4.78 is 5.11. The number of esters is 1. The van der Waals surface area contributed by atoms with Crippen LogP contribution in [0, 0.1) is 11.8 Å². The van der Waals surface area contributed by atoms with Crippen LogP contribution in [0.5, 0.6) is 0 Å². The molecule has 2 atom stereocenters. The number of aliphatic hydroxyl groups excluding tert-OH is 1. The molecule has 3 nitrogen and oxygen atoms in total. The maximum absolute atomic E-state index is 11.6. The van der Waals surface area contributed by atoms with Crippen molar-refractivity contribution in [1.82, 2.24) is 0 Å². The van der Waals surface area contributed by atoms with E-state index in [9.17, 15) is 9.90 Å². The molecule has 15 heavy (non-hydrogen) atoms. The molecule has 0 saturated carbocycles. The van der Waals surface area contributed by atoms with Crippen molar-refractivity contribution in [3.05, 3.63) is 0 Å². The molecule has 90 valence electrons. The molecule has 0 amide bonds. The molecule has 1 unspecified atom stereocenters. The Bertz CT molecular complexity index is 185. The van der Waals surface area contributed by atoms with E-state index < -0.39 is 6.10 Å². The van der Waals surface area contributed by atoms with Gasteiger partial charge in [0.1, 0.15) is 0 Å². The number of ether oxygens (including phenoxy) is 1. The van der Waals surface area contributed by atoms with E-state index in [1.807, 2.05) is 13.8 Å². The molecule has 0 aliphatic heterocycles. The van der Waals surface area contributed by atoms with Gasteiger partial charge >= 0.3 is 5.97 Å². The van der Waals surface area contributed by atoms with Crippen molar-refractivity contribution in [2.45, 2.75) is 59.7 Å². The van der Waals surface area contributed by atoms with Gasteiger partial charge in [-0.25, -0.2) is 0 Å². The van der Waals surface area contributed by atoms with E-state index in [1.54, 1.807) is 6.92 Å². The number of hydrogen-bond donors (Lipinski definition) is 1. The third kappa shape index (κ3) is 6.50. The lowest BCUT2D eigenvalue weighted by molar-refractivity contribution is -0.156. The molecule has 0 saturated heterocycles. The molecule has 0 aromatic carbocycles. The molecular weight excluding hydrogens is 192 g/mol. The van der Waals surface area contributed by atoms with E-state index in [1.165, 1.54) is 0 Å². The van der Waals surface area contributed by atoms with Crippen LogP contribution in [-0.2, 0) is 9.53 Å². The average molecular weight is 216 g/mol. The Morgan fingerprint density at radius 1 is 1.13 bits per heavy atom. The highest BCUT2D eigenvalue weighted by molar-refractivity contribution is 5.73. The smallest absolute Gasteiger partial charge is 0.311 e. The Labute approximate surface area is 92.8 Å². The van der Waals surface area contributed by atoms with Crippen LogP contribution in [0.2, 0.25) is 0 Å². The van der Waals surface area contributed by atoms with Crippen molar-refractivity contribution in [1.29, 1.82) is 0 Å². The molecular formula is C12H24O3. The summed E-state index contributed by atoms with van der Waals surface area (Å²) in [7, 11) is 0. The summed E-state index contributed by atoms with van der Waals surface area (Å²) >= 11 is 0. The highest BCUT2D eigenvalue weighted by Gasteiger charge is 2.25. The van der Waals surface area contributed by atoms with Gasteiger partial charge in [-0.05, 0) is 33.1 Å². The SMILES string of the molecule is CC(C)CC[C@@H](C(=O)OC(C)C)C(C)O. The number of rotatable bonds is 6. The predicted molar refractivity (Wildman–Crippen MR) is 60.5 cm³/mol. The Morgan fingerprint density at radius 3 is 2.00 bits per heavy atom. The maximum Gasteiger partial charge on any atom is 0.311 e. The normalized spacial score (nSPS) is 15.5. The molecule has 0 bridgehead atoms. The Balaban J connectivity index is 4.19. The molecule has 0 fully saturated rings. The summed E-state index contributed by atoms with van der Waals surface area (Å²) in [6.45, 7) is 9.49. The Morgan fingerprint density at radius 2 is 1.67 bits per heavy atom. The van der Waals surface area contributed by atoms with Gasteiger partial charge < -0.3 is 9.84 Å². The fourth-order valence-electron chi connectivity index (χ4n) is 1.39. The average Bonchev–Trinajstić information content (AvgIpc) is 2.01. The lowest BCUT2D eigenvalue weighted by atomic mass is 9.94. The first-order valence-electron chi connectivity index (χ1n) is 5.73. The van der Waals surface area contributed by atoms with Crippen molar-refractivity contribution in [2.75, 3.05) is 0 Å². The van der Waals surface area contributed by atoms with Crippen LogP contribution in [0.4, 0.5) is 0 Å². The number of carbonyl (C=O) groups is 1. The van der Waals surface area contributed by atoms with Crippen molar-refractivity contribution in [3.63, 3.8) is 0 Å². The molecule has 1 N–H and O–H groups in total. The van der Waals surface area contributed by atoms with Gasteiger partial charge in [-0.15, -0.1) is 0 Å². The van der Waals surface area contributed by atoms with Crippen LogP contribution >= 0.6 is 0 Å². The topological polar surface area (TPSA) is 46.5 Å². The highest BCUT2D eigenvalue weighted by Crippen LogP contribution is 2.18. The van der Waals surface area contributed by atoms with Gasteiger partial charge in [0.15, 0.2) is 0 Å². The molecule has 0 aliphatic carbocycles. The van der Waals surface area contributed by atoms with Gasteiger partial charge in [-0.1, -0.05) is 20.3 Å². The number of aliphatic hydroxyl groups is 1. The molecule has 0 radical (unpaired) electrons. The lowest BCUT2D eigenvalue weighted by Crippen LogP contribution is -2.29. The molecule has 0 aliphatic rings. The van der Waals surface area contributed by atoms with Gasteiger partial charge in [0.25, 0.3) is 0 Å². The third-order valence-corrected chi connectivity index (χ3v) is 2.29. The van der Waals surface area contributed by atoms with Crippen LogP contribution < -0.4 is 0 Å². The van der Waals surface area contributed by atoms with Gasteiger partial charge in [-0.3, -0.25) is 4.79 Å². The van der Waals surface area contributed by atoms with Crippen LogP contribution in [0.3, 0.4) is 0 Å². The largest absolute Gasteiger partial charge is 0.463 e. The Hall–Kier alpha value is -0.570. The van der Waals surface area contributed by atoms with E-state index >= 15 is 0 Å². The zero-order valence-electron chi connectivity index (χ0n) is 10.5. The van der Waals surface area contributed by atoms with Crippen molar-refractivity contribution in [3.8, 4) is 0 Å². The fourth-order valence-corrected chi connectivity index (χ4v) is 1.39. The van der Waals surface area contributed by atoms with E-state index in [0.717, 1.165) is 6.42 Å². The standard InChI is InChI=1S/C12H24O3/c1-8(2)6-7-11(10(5)13)12(14)15-9(3)4/h8-11,13H,6-7H2,1-5H3/t10?,11-/m1/s1. The second-order valence-electron chi connectivity index (χ2n) is 4.80. The monoisotopic (exact) mass is 216 g/mol. The van der Waals surface area contributed by atoms with Gasteiger partial charge in [-0.2, -0.15) is 0 Å². The minimum absolute atomic E-state index is 0.113. The first-order chi connectivity index (χ1) is 6.84. The quantitative estimate of drug-likeness (QED) is 0.693. The van der Waals surface area contributed by atoms with E-state index in [-0.39, 0.29) is 18.0 Å². The summed E-state index contributed by atoms with van der Waals surface area (Å²) in [6, 6.07) is 0. The van der Waals surface area contributed by atoms with Gasteiger partial charge in [0.2, 0.25) is 0 Å². The minimum atomic E-state index is -0.630. The van der Waals surface area contributed by atoms with E-state index in [0.29, 0.717) is 12.3 Å². The second-order valence-corrected chi connectivity index (χ2v) is 4.80. The van der Waals surface area contributed by atoms with Crippen molar-refractivity contribution < 1.29 is 14.6 Å². The number of hydrogen-bond acceptors (Lipinski definition) is 3. The van der Waals surface area contributed by atoms with E-state index in [2.05, 4.69) is 13.8 Å². The summed E-state index contributed by atoms with van der Waals surface area (Å²) in [5.41, 5.74) is 0. The lowest BCUT2D eigenvalue weighted by Gasteiger charge is -2.20. The van der Waals surface area contributed by atoms with Crippen LogP contribution in [0.25, 0.3) is 0 Å². The zero-order valence-corrected chi connectivity index (χ0v) is 10.5. The maximum atomic E-state index is 11.6. The van der Waals surface area contributed by atoms with Crippen LogP contribution in [0.15, 0.2) is 0 Å². The molecule has 0 heterocycles. The summed E-state index contributed by atoms with van der Waals surface area (Å²) in [5, 5.41) is 9.51. The third-order valence-electron chi connectivity index (χ3n) is 2.29. The Kier molecular flexibility index (Phi) is 6.57. The molecule has 3 heteroatoms. The number of carbonyl (C=O) groups excluding carboxylic acids is 1. The summed E-state index contributed by atoms with van der Waals surface area (Å²) in [5.74, 6) is -0.117. The second kappa shape index (κ2) is 6.83. The summed E-state index contributed by atoms with van der Waals surface area (Å²) in [6.07, 6.45) is 0.886.